The summed E-state index contributed by atoms with van der Waals surface area (Å²) in [7, 11) is 0. The SMILES string of the molecule is CC(C)C[C@@H](C(=O)NN)[C@H](C(=O)NO)C(/C=C/c1ccccc1)(CC(C)C)C(=O)[C@H]1CCCN1.Cl. The molecule has 4 atom stereocenters. The smallest absolute Gasteiger partial charge is 0.248 e. The van der Waals surface area contributed by atoms with Crippen molar-refractivity contribution in [1.82, 2.24) is 16.2 Å². The molecule has 1 aromatic rings. The van der Waals surface area contributed by atoms with Crippen molar-refractivity contribution in [1.29, 1.82) is 0 Å². The molecule has 0 bridgehead atoms. The Morgan fingerprint density at radius 3 is 2.29 bits per heavy atom. The van der Waals surface area contributed by atoms with E-state index in [9.17, 15) is 19.6 Å². The van der Waals surface area contributed by atoms with Crippen LogP contribution in [0, 0.1) is 29.1 Å². The molecule has 1 fully saturated rings. The second-order valence-electron chi connectivity index (χ2n) is 10.1. The Morgan fingerprint density at radius 2 is 1.80 bits per heavy atom. The van der Waals surface area contributed by atoms with Crippen LogP contribution in [0.4, 0.5) is 0 Å². The first-order valence-electron chi connectivity index (χ1n) is 12.1. The number of carbonyl (C=O) groups is 3. The first kappa shape index (κ1) is 30.8. The molecule has 35 heavy (non-hydrogen) atoms. The van der Waals surface area contributed by atoms with E-state index in [1.807, 2.05) is 64.1 Å². The minimum Gasteiger partial charge on any atom is -0.307 e. The number of benzene rings is 1. The molecule has 1 unspecified atom stereocenters. The molecule has 0 spiro atoms. The van der Waals surface area contributed by atoms with Gasteiger partial charge in [0.25, 0.3) is 0 Å². The number of halogens is 1. The van der Waals surface area contributed by atoms with Crippen LogP contribution in [-0.4, -0.2) is 35.4 Å². The molecule has 2 rings (SSSR count). The van der Waals surface area contributed by atoms with Crippen LogP contribution in [0.25, 0.3) is 6.08 Å². The van der Waals surface area contributed by atoms with Crippen molar-refractivity contribution in [2.24, 2.45) is 34.9 Å². The fraction of sp³-hybridized carbons (Fsp3) is 0.577. The Hall–Kier alpha value is -2.26. The highest BCUT2D eigenvalue weighted by Crippen LogP contribution is 2.45. The summed E-state index contributed by atoms with van der Waals surface area (Å²) in [5.41, 5.74) is 3.47. The van der Waals surface area contributed by atoms with Crippen molar-refractivity contribution in [2.75, 3.05) is 6.54 Å². The number of rotatable bonds is 12. The van der Waals surface area contributed by atoms with E-state index < -0.39 is 35.1 Å². The summed E-state index contributed by atoms with van der Waals surface area (Å²) in [5, 5.41) is 13.0. The normalized spacial score (nSPS) is 19.1. The van der Waals surface area contributed by atoms with E-state index in [0.717, 1.165) is 12.0 Å². The maximum Gasteiger partial charge on any atom is 0.248 e. The van der Waals surface area contributed by atoms with Crippen molar-refractivity contribution in [3.8, 4) is 0 Å². The van der Waals surface area contributed by atoms with Gasteiger partial charge >= 0.3 is 0 Å². The van der Waals surface area contributed by atoms with E-state index in [2.05, 4.69) is 10.7 Å². The monoisotopic (exact) mass is 508 g/mol. The van der Waals surface area contributed by atoms with Gasteiger partial charge in [0.15, 0.2) is 5.78 Å². The topological polar surface area (TPSA) is 134 Å². The molecule has 1 aliphatic heterocycles. The lowest BCUT2D eigenvalue weighted by molar-refractivity contribution is -0.151. The summed E-state index contributed by atoms with van der Waals surface area (Å²) in [6.45, 7) is 8.56. The van der Waals surface area contributed by atoms with E-state index >= 15 is 0 Å². The first-order valence-corrected chi connectivity index (χ1v) is 12.1. The van der Waals surface area contributed by atoms with Crippen LogP contribution >= 0.6 is 12.4 Å². The molecule has 1 aliphatic rings. The lowest BCUT2D eigenvalue weighted by atomic mass is 9.60. The molecule has 196 valence electrons. The van der Waals surface area contributed by atoms with E-state index in [1.54, 1.807) is 11.6 Å². The largest absolute Gasteiger partial charge is 0.307 e. The number of Topliss-reactive ketones (excluding diaryl/α,β-unsaturated/α-hetero) is 1. The van der Waals surface area contributed by atoms with Gasteiger partial charge in [0.1, 0.15) is 0 Å². The van der Waals surface area contributed by atoms with Crippen molar-refractivity contribution < 1.29 is 19.6 Å². The summed E-state index contributed by atoms with van der Waals surface area (Å²) >= 11 is 0. The fourth-order valence-electron chi connectivity index (χ4n) is 5.21. The van der Waals surface area contributed by atoms with Gasteiger partial charge in [-0.05, 0) is 49.6 Å². The summed E-state index contributed by atoms with van der Waals surface area (Å²) < 4.78 is 0. The van der Waals surface area contributed by atoms with Gasteiger partial charge in [0.2, 0.25) is 11.8 Å². The number of hydrazine groups is 1. The van der Waals surface area contributed by atoms with Gasteiger partial charge in [0.05, 0.1) is 23.3 Å². The molecule has 0 radical (unpaired) electrons. The predicted octanol–water partition coefficient (Wildman–Crippen LogP) is 3.25. The number of amides is 2. The zero-order valence-corrected chi connectivity index (χ0v) is 21.9. The third-order valence-corrected chi connectivity index (χ3v) is 6.51. The van der Waals surface area contributed by atoms with Crippen molar-refractivity contribution in [2.45, 2.75) is 59.4 Å². The molecular weight excluding hydrogens is 468 g/mol. The predicted molar refractivity (Wildman–Crippen MR) is 139 cm³/mol. The highest BCUT2D eigenvalue weighted by Gasteiger charge is 2.54. The van der Waals surface area contributed by atoms with Crippen LogP contribution in [0.5, 0.6) is 0 Å². The molecule has 6 N–H and O–H groups in total. The molecule has 8 nitrogen and oxygen atoms in total. The second kappa shape index (κ2) is 14.3. The van der Waals surface area contributed by atoms with E-state index in [1.165, 1.54) is 0 Å². The number of nitrogens with one attached hydrogen (secondary N) is 3. The Labute approximate surface area is 214 Å². The van der Waals surface area contributed by atoms with Crippen LogP contribution in [0.3, 0.4) is 0 Å². The summed E-state index contributed by atoms with van der Waals surface area (Å²) in [6, 6.07) is 9.08. The van der Waals surface area contributed by atoms with Gasteiger partial charge in [-0.25, -0.2) is 11.3 Å². The molecule has 0 aromatic heterocycles. The minimum atomic E-state index is -1.34. The van der Waals surface area contributed by atoms with Crippen LogP contribution in [-0.2, 0) is 14.4 Å². The Morgan fingerprint density at radius 1 is 1.14 bits per heavy atom. The second-order valence-corrected chi connectivity index (χ2v) is 10.1. The Balaban J connectivity index is 0.00000612. The zero-order chi connectivity index (χ0) is 25.3. The fourth-order valence-corrected chi connectivity index (χ4v) is 5.21. The zero-order valence-electron chi connectivity index (χ0n) is 21.1. The lowest BCUT2D eigenvalue weighted by Crippen LogP contribution is -2.56. The summed E-state index contributed by atoms with van der Waals surface area (Å²) in [4.78, 5) is 40.6. The molecule has 1 heterocycles. The van der Waals surface area contributed by atoms with E-state index in [-0.39, 0.29) is 30.0 Å². The van der Waals surface area contributed by atoms with Crippen LogP contribution in [0.1, 0.15) is 58.9 Å². The quantitative estimate of drug-likeness (QED) is 0.127. The number of nitrogens with two attached hydrogens (primary N) is 1. The maximum atomic E-state index is 14.2. The highest BCUT2D eigenvalue weighted by molar-refractivity contribution is 5.99. The highest BCUT2D eigenvalue weighted by atomic mass is 35.5. The summed E-state index contributed by atoms with van der Waals surface area (Å²) in [5.74, 6) is 2.10. The molecule has 1 aromatic carbocycles. The maximum absolute atomic E-state index is 14.2. The van der Waals surface area contributed by atoms with Crippen molar-refractivity contribution in [3.05, 3.63) is 42.0 Å². The standard InChI is InChI=1S/C26H40N4O4.ClH/c1-17(2)15-20(24(32)29-27)22(25(33)30-34)26(16-18(3)4,23(31)21-11-8-14-28-21)13-12-19-9-6-5-7-10-19;/h5-7,9-10,12-13,17-18,20-22,28,34H,8,11,14-16,27H2,1-4H3,(H,29,32)(H,30,33);1H/b13-12+;/t20-,21-,22-,26?;/m1./s1. The number of ketones is 1. The average molecular weight is 509 g/mol. The van der Waals surface area contributed by atoms with Gasteiger partial charge in [-0.3, -0.25) is 25.0 Å². The van der Waals surface area contributed by atoms with Crippen LogP contribution in [0.15, 0.2) is 36.4 Å². The van der Waals surface area contributed by atoms with Crippen LogP contribution < -0.4 is 22.1 Å². The number of hydroxylamine groups is 1. The molecule has 0 aliphatic carbocycles. The van der Waals surface area contributed by atoms with Gasteiger partial charge in [-0.2, -0.15) is 0 Å². The Kier molecular flexibility index (Phi) is 12.6. The number of hydrogen-bond donors (Lipinski definition) is 5. The van der Waals surface area contributed by atoms with Crippen molar-refractivity contribution >= 4 is 36.1 Å². The number of allylic oxidation sites excluding steroid dienone is 1. The Bertz CT molecular complexity index is 856. The third-order valence-electron chi connectivity index (χ3n) is 6.51. The van der Waals surface area contributed by atoms with E-state index in [4.69, 9.17) is 5.84 Å². The lowest BCUT2D eigenvalue weighted by Gasteiger charge is -2.42. The van der Waals surface area contributed by atoms with Gasteiger partial charge in [0, 0.05) is 0 Å². The number of carbonyl (C=O) groups excluding carboxylic acids is 3. The molecule has 1 saturated heterocycles. The molecular formula is C26H41ClN4O4. The average Bonchev–Trinajstić information content (AvgIpc) is 3.35. The van der Waals surface area contributed by atoms with Gasteiger partial charge in [-0.15, -0.1) is 12.4 Å². The van der Waals surface area contributed by atoms with Gasteiger partial charge < -0.3 is 5.32 Å². The molecule has 2 amide bonds. The summed E-state index contributed by atoms with van der Waals surface area (Å²) in [6.07, 6.45) is 5.78. The van der Waals surface area contributed by atoms with E-state index in [0.29, 0.717) is 25.8 Å². The van der Waals surface area contributed by atoms with Gasteiger partial charge in [-0.1, -0.05) is 70.2 Å². The minimum absolute atomic E-state index is 0. The molecule has 9 heteroatoms. The number of hydrogen-bond acceptors (Lipinski definition) is 6. The first-order chi connectivity index (χ1) is 16.2. The van der Waals surface area contributed by atoms with Crippen LogP contribution in [0.2, 0.25) is 0 Å². The van der Waals surface area contributed by atoms with Crippen molar-refractivity contribution in [3.63, 3.8) is 0 Å². The third kappa shape index (κ3) is 7.87. The molecule has 0 saturated carbocycles.